The normalized spacial score (nSPS) is 15.0. The number of anilines is 1. The number of carbonyl (C=O) groups is 2. The number of carbonyl (C=O) groups excluding carboxylic acids is 2. The number of allylic oxidation sites excluding steroid dienone is 3. The van der Waals surface area contributed by atoms with Crippen molar-refractivity contribution >= 4 is 17.5 Å². The van der Waals surface area contributed by atoms with E-state index in [1.807, 2.05) is 17.9 Å². The molecular weight excluding hydrogens is 264 g/mol. The lowest BCUT2D eigenvalue weighted by molar-refractivity contribution is -0.111. The van der Waals surface area contributed by atoms with Gasteiger partial charge < -0.3 is 10.2 Å². The predicted molar refractivity (Wildman–Crippen MR) is 84.2 cm³/mol. The molecule has 0 bridgehead atoms. The lowest BCUT2D eigenvalue weighted by atomic mass is 10.2. The molecule has 4 nitrogen and oxygen atoms in total. The molecule has 0 aromatic heterocycles. The van der Waals surface area contributed by atoms with E-state index in [0.717, 1.165) is 25.9 Å². The molecule has 110 valence electrons. The second-order valence-electron chi connectivity index (χ2n) is 4.95. The molecule has 0 saturated carbocycles. The van der Waals surface area contributed by atoms with Gasteiger partial charge in [0.25, 0.3) is 5.91 Å². The zero-order valence-corrected chi connectivity index (χ0v) is 12.2. The number of nitrogens with one attached hydrogen (secondary N) is 1. The third-order valence-electron chi connectivity index (χ3n) is 3.34. The van der Waals surface area contributed by atoms with E-state index in [1.165, 1.54) is 6.08 Å². The SMILES string of the molecule is C/C=C/C=C/C(=O)Nc1ccc(C(=O)N2CCCC2)cc1. The summed E-state index contributed by atoms with van der Waals surface area (Å²) in [6, 6.07) is 7.02. The number of hydrogen-bond acceptors (Lipinski definition) is 2. The molecule has 1 saturated heterocycles. The molecule has 1 heterocycles. The highest BCUT2D eigenvalue weighted by Crippen LogP contribution is 2.15. The van der Waals surface area contributed by atoms with Gasteiger partial charge in [0.1, 0.15) is 0 Å². The van der Waals surface area contributed by atoms with Gasteiger partial charge >= 0.3 is 0 Å². The standard InChI is InChI=1S/C17H20N2O2/c1-2-3-4-7-16(20)18-15-10-8-14(9-11-15)17(21)19-12-5-6-13-19/h2-4,7-11H,5-6,12-13H2,1H3,(H,18,20)/b3-2+,7-4+. The van der Waals surface area contributed by atoms with Gasteiger partial charge in [-0.1, -0.05) is 18.2 Å². The largest absolute Gasteiger partial charge is 0.339 e. The molecule has 0 radical (unpaired) electrons. The second-order valence-corrected chi connectivity index (χ2v) is 4.95. The Bertz CT molecular complexity index is 553. The number of nitrogens with zero attached hydrogens (tertiary/aromatic N) is 1. The number of hydrogen-bond donors (Lipinski definition) is 1. The fraction of sp³-hybridized carbons (Fsp3) is 0.294. The van der Waals surface area contributed by atoms with Crippen LogP contribution in [0.5, 0.6) is 0 Å². The first-order valence-corrected chi connectivity index (χ1v) is 7.20. The van der Waals surface area contributed by atoms with Crippen LogP contribution in [0.3, 0.4) is 0 Å². The molecule has 1 aromatic rings. The number of benzene rings is 1. The summed E-state index contributed by atoms with van der Waals surface area (Å²) in [5.74, 6) is -0.120. The van der Waals surface area contributed by atoms with Gasteiger partial charge in [-0.15, -0.1) is 0 Å². The van der Waals surface area contributed by atoms with Gasteiger partial charge in [0.15, 0.2) is 0 Å². The van der Waals surface area contributed by atoms with Crippen LogP contribution in [0, 0.1) is 0 Å². The van der Waals surface area contributed by atoms with Gasteiger partial charge in [0, 0.05) is 30.4 Å². The van der Waals surface area contributed by atoms with E-state index in [9.17, 15) is 9.59 Å². The zero-order chi connectivity index (χ0) is 15.1. The minimum atomic E-state index is -0.188. The molecule has 2 rings (SSSR count). The van der Waals surface area contributed by atoms with Crippen molar-refractivity contribution in [2.24, 2.45) is 0 Å². The Balaban J connectivity index is 1.95. The Morgan fingerprint density at radius 2 is 1.76 bits per heavy atom. The van der Waals surface area contributed by atoms with Crippen LogP contribution in [0.25, 0.3) is 0 Å². The van der Waals surface area contributed by atoms with Gasteiger partial charge in [-0.05, 0) is 44.0 Å². The first kappa shape index (κ1) is 15.0. The third-order valence-corrected chi connectivity index (χ3v) is 3.34. The van der Waals surface area contributed by atoms with Crippen LogP contribution >= 0.6 is 0 Å². The lowest BCUT2D eigenvalue weighted by Crippen LogP contribution is -2.27. The Labute approximate surface area is 125 Å². The molecule has 0 spiro atoms. The molecule has 21 heavy (non-hydrogen) atoms. The molecule has 1 aliphatic rings. The highest BCUT2D eigenvalue weighted by molar-refractivity contribution is 6.00. The molecule has 2 amide bonds. The van der Waals surface area contributed by atoms with Gasteiger partial charge in [-0.25, -0.2) is 0 Å². The van der Waals surface area contributed by atoms with Crippen LogP contribution in [0.2, 0.25) is 0 Å². The van der Waals surface area contributed by atoms with E-state index in [4.69, 9.17) is 0 Å². The second kappa shape index (κ2) is 7.43. The summed E-state index contributed by atoms with van der Waals surface area (Å²) in [7, 11) is 0. The van der Waals surface area contributed by atoms with Crippen molar-refractivity contribution in [1.29, 1.82) is 0 Å². The average Bonchev–Trinajstić information content (AvgIpc) is 3.02. The summed E-state index contributed by atoms with van der Waals surface area (Å²) in [6.07, 6.45) is 8.95. The van der Waals surface area contributed by atoms with Gasteiger partial charge in [-0.3, -0.25) is 9.59 Å². The Kier molecular flexibility index (Phi) is 5.32. The quantitative estimate of drug-likeness (QED) is 0.682. The molecule has 1 aromatic carbocycles. The fourth-order valence-corrected chi connectivity index (χ4v) is 2.24. The summed E-state index contributed by atoms with van der Waals surface area (Å²) in [4.78, 5) is 25.7. The number of likely N-dealkylation sites (tertiary alicyclic amines) is 1. The van der Waals surface area contributed by atoms with Crippen LogP contribution < -0.4 is 5.32 Å². The van der Waals surface area contributed by atoms with Crippen molar-refractivity contribution in [1.82, 2.24) is 4.90 Å². The average molecular weight is 284 g/mol. The molecule has 0 unspecified atom stereocenters. The minimum Gasteiger partial charge on any atom is -0.339 e. The molecule has 1 fully saturated rings. The van der Waals surface area contributed by atoms with Crippen molar-refractivity contribution in [2.45, 2.75) is 19.8 Å². The van der Waals surface area contributed by atoms with E-state index in [0.29, 0.717) is 11.3 Å². The monoisotopic (exact) mass is 284 g/mol. The van der Waals surface area contributed by atoms with Gasteiger partial charge in [0.05, 0.1) is 0 Å². The molecule has 0 aliphatic carbocycles. The van der Waals surface area contributed by atoms with Crippen LogP contribution in [0.4, 0.5) is 5.69 Å². The highest BCUT2D eigenvalue weighted by atomic mass is 16.2. The zero-order valence-electron chi connectivity index (χ0n) is 12.2. The molecule has 0 atom stereocenters. The van der Waals surface area contributed by atoms with E-state index in [1.54, 1.807) is 36.4 Å². The van der Waals surface area contributed by atoms with Crippen LogP contribution in [-0.2, 0) is 4.79 Å². The minimum absolute atomic E-state index is 0.0679. The Hall–Kier alpha value is -2.36. The van der Waals surface area contributed by atoms with E-state index in [-0.39, 0.29) is 11.8 Å². The molecular formula is C17H20N2O2. The first-order chi connectivity index (χ1) is 10.2. The topological polar surface area (TPSA) is 49.4 Å². The summed E-state index contributed by atoms with van der Waals surface area (Å²) in [5, 5.41) is 2.75. The van der Waals surface area contributed by atoms with Crippen molar-refractivity contribution in [2.75, 3.05) is 18.4 Å². The van der Waals surface area contributed by atoms with Crippen molar-refractivity contribution in [3.8, 4) is 0 Å². The van der Waals surface area contributed by atoms with Gasteiger partial charge in [0.2, 0.25) is 5.91 Å². The maximum absolute atomic E-state index is 12.2. The Morgan fingerprint density at radius 3 is 2.38 bits per heavy atom. The summed E-state index contributed by atoms with van der Waals surface area (Å²) >= 11 is 0. The molecule has 1 aliphatic heterocycles. The van der Waals surface area contributed by atoms with Crippen molar-refractivity contribution in [3.05, 3.63) is 54.1 Å². The summed E-state index contributed by atoms with van der Waals surface area (Å²) in [5.41, 5.74) is 1.35. The summed E-state index contributed by atoms with van der Waals surface area (Å²) < 4.78 is 0. The van der Waals surface area contributed by atoms with E-state index in [2.05, 4.69) is 5.32 Å². The van der Waals surface area contributed by atoms with Crippen LogP contribution in [0.15, 0.2) is 48.6 Å². The lowest BCUT2D eigenvalue weighted by Gasteiger charge is -2.15. The Morgan fingerprint density at radius 1 is 1.10 bits per heavy atom. The fourth-order valence-electron chi connectivity index (χ4n) is 2.24. The number of rotatable bonds is 4. The third kappa shape index (κ3) is 4.31. The van der Waals surface area contributed by atoms with Gasteiger partial charge in [-0.2, -0.15) is 0 Å². The maximum Gasteiger partial charge on any atom is 0.253 e. The van der Waals surface area contributed by atoms with Crippen LogP contribution in [0.1, 0.15) is 30.1 Å². The van der Waals surface area contributed by atoms with Crippen molar-refractivity contribution in [3.63, 3.8) is 0 Å². The number of amides is 2. The van der Waals surface area contributed by atoms with E-state index < -0.39 is 0 Å². The highest BCUT2D eigenvalue weighted by Gasteiger charge is 2.19. The summed E-state index contributed by atoms with van der Waals surface area (Å²) in [6.45, 7) is 3.57. The maximum atomic E-state index is 12.2. The predicted octanol–water partition coefficient (Wildman–Crippen LogP) is 2.99. The molecule has 4 heteroatoms. The first-order valence-electron chi connectivity index (χ1n) is 7.20. The van der Waals surface area contributed by atoms with Crippen molar-refractivity contribution < 1.29 is 9.59 Å². The van der Waals surface area contributed by atoms with Crippen LogP contribution in [-0.4, -0.2) is 29.8 Å². The molecule has 1 N–H and O–H groups in total. The van der Waals surface area contributed by atoms with E-state index >= 15 is 0 Å². The smallest absolute Gasteiger partial charge is 0.253 e.